The monoisotopic (exact) mass is 266 g/mol. The van der Waals surface area contributed by atoms with Gasteiger partial charge in [0.05, 0.1) is 4.92 Å². The molecule has 1 N–H and O–H groups in total. The largest absolute Gasteiger partial charge is 0.310 e. The first-order chi connectivity index (χ1) is 9.09. The second kappa shape index (κ2) is 6.10. The number of halogens is 1. The first kappa shape index (κ1) is 13.9. The van der Waals surface area contributed by atoms with Crippen molar-refractivity contribution in [3.8, 4) is 0 Å². The van der Waals surface area contributed by atoms with Gasteiger partial charge in [-0.3, -0.25) is 10.1 Å². The van der Waals surface area contributed by atoms with Crippen LogP contribution in [0.1, 0.15) is 38.2 Å². The minimum Gasteiger partial charge on any atom is -0.310 e. The van der Waals surface area contributed by atoms with Crippen LogP contribution in [0.3, 0.4) is 0 Å². The number of nitrogens with one attached hydrogen (secondary N) is 1. The first-order valence-corrected chi connectivity index (χ1v) is 6.74. The van der Waals surface area contributed by atoms with Gasteiger partial charge >= 0.3 is 5.69 Å². The average Bonchev–Trinajstić information content (AvgIpc) is 2.90. The average molecular weight is 266 g/mol. The van der Waals surface area contributed by atoms with Gasteiger partial charge in [-0.1, -0.05) is 25.0 Å². The normalized spacial score (nSPS) is 17.6. The third-order valence-electron chi connectivity index (χ3n) is 3.98. The maximum atomic E-state index is 13.9. The van der Waals surface area contributed by atoms with Gasteiger partial charge in [-0.05, 0) is 25.7 Å². The maximum Gasteiger partial charge on any atom is 0.305 e. The molecule has 5 heteroatoms. The predicted molar refractivity (Wildman–Crippen MR) is 71.3 cm³/mol. The lowest BCUT2D eigenvalue weighted by Gasteiger charge is -2.20. The van der Waals surface area contributed by atoms with E-state index in [1.165, 1.54) is 37.8 Å². The standard InChI is InChI=1S/C14H19FN2O2/c1-10(11-5-2-3-6-11)16-9-12-7-4-8-13(14(12)15)17(18)19/h4,7-8,10-11,16H,2-3,5-6,9H2,1H3. The minimum atomic E-state index is -0.723. The van der Waals surface area contributed by atoms with E-state index in [-0.39, 0.29) is 0 Å². The minimum absolute atomic E-state index is 0.321. The quantitative estimate of drug-likeness (QED) is 0.656. The number of hydrogen-bond acceptors (Lipinski definition) is 3. The molecule has 1 aromatic carbocycles. The van der Waals surface area contributed by atoms with Crippen molar-refractivity contribution in [2.75, 3.05) is 0 Å². The highest BCUT2D eigenvalue weighted by Crippen LogP contribution is 2.28. The van der Waals surface area contributed by atoms with E-state index in [9.17, 15) is 14.5 Å². The summed E-state index contributed by atoms with van der Waals surface area (Å²) in [6, 6.07) is 4.63. The molecular formula is C14H19FN2O2. The van der Waals surface area contributed by atoms with Crippen LogP contribution >= 0.6 is 0 Å². The molecule has 1 fully saturated rings. The van der Waals surface area contributed by atoms with Crippen LogP contribution in [0.15, 0.2) is 18.2 Å². The summed E-state index contributed by atoms with van der Waals surface area (Å²) in [6.07, 6.45) is 4.96. The molecule has 2 rings (SSSR count). The second-order valence-corrected chi connectivity index (χ2v) is 5.22. The van der Waals surface area contributed by atoms with Crippen LogP contribution in [0.4, 0.5) is 10.1 Å². The summed E-state index contributed by atoms with van der Waals surface area (Å²) in [5.41, 5.74) is -0.0909. The van der Waals surface area contributed by atoms with Crippen LogP contribution in [0.25, 0.3) is 0 Å². The van der Waals surface area contributed by atoms with E-state index in [0.29, 0.717) is 24.1 Å². The Hall–Kier alpha value is -1.49. The molecule has 1 atom stereocenters. The molecule has 1 aliphatic carbocycles. The Kier molecular flexibility index (Phi) is 4.47. The highest BCUT2D eigenvalue weighted by molar-refractivity contribution is 5.36. The predicted octanol–water partition coefficient (Wildman–Crippen LogP) is 3.40. The SMILES string of the molecule is CC(NCc1cccc([N+](=O)[O-])c1F)C1CCCC1. The Bertz CT molecular complexity index is 459. The summed E-state index contributed by atoms with van der Waals surface area (Å²) in [4.78, 5) is 9.99. The maximum absolute atomic E-state index is 13.9. The van der Waals surface area contributed by atoms with E-state index >= 15 is 0 Å². The molecule has 1 aliphatic rings. The lowest BCUT2D eigenvalue weighted by Crippen LogP contribution is -2.32. The van der Waals surface area contributed by atoms with Gasteiger partial charge in [-0.25, -0.2) is 0 Å². The van der Waals surface area contributed by atoms with Crippen LogP contribution in [-0.2, 0) is 6.54 Å². The van der Waals surface area contributed by atoms with E-state index in [4.69, 9.17) is 0 Å². The first-order valence-electron chi connectivity index (χ1n) is 6.74. The Morgan fingerprint density at radius 2 is 2.16 bits per heavy atom. The highest BCUT2D eigenvalue weighted by atomic mass is 19.1. The number of benzene rings is 1. The third kappa shape index (κ3) is 3.29. The molecule has 0 aliphatic heterocycles. The molecule has 1 aromatic rings. The third-order valence-corrected chi connectivity index (χ3v) is 3.98. The van der Waals surface area contributed by atoms with Crippen molar-refractivity contribution in [3.63, 3.8) is 0 Å². The van der Waals surface area contributed by atoms with E-state index < -0.39 is 16.4 Å². The summed E-state index contributed by atoms with van der Waals surface area (Å²) in [6.45, 7) is 2.44. The fourth-order valence-corrected chi connectivity index (χ4v) is 2.74. The van der Waals surface area contributed by atoms with Crippen molar-refractivity contribution in [1.29, 1.82) is 0 Å². The molecule has 0 heterocycles. The number of rotatable bonds is 5. The molecule has 0 saturated heterocycles. The van der Waals surface area contributed by atoms with Crippen LogP contribution in [0.5, 0.6) is 0 Å². The van der Waals surface area contributed by atoms with Crippen molar-refractivity contribution < 1.29 is 9.31 Å². The summed E-state index contributed by atoms with van der Waals surface area (Å²) in [7, 11) is 0. The Morgan fingerprint density at radius 3 is 2.79 bits per heavy atom. The summed E-state index contributed by atoms with van der Waals surface area (Å²) in [5, 5.41) is 14.0. The lowest BCUT2D eigenvalue weighted by atomic mass is 9.99. The van der Waals surface area contributed by atoms with Crippen LogP contribution in [0.2, 0.25) is 0 Å². The van der Waals surface area contributed by atoms with Gasteiger partial charge < -0.3 is 5.32 Å². The lowest BCUT2D eigenvalue weighted by molar-refractivity contribution is -0.387. The van der Waals surface area contributed by atoms with Gasteiger partial charge in [0.25, 0.3) is 0 Å². The second-order valence-electron chi connectivity index (χ2n) is 5.22. The van der Waals surface area contributed by atoms with Crippen LogP contribution < -0.4 is 5.32 Å². The molecule has 4 nitrogen and oxygen atoms in total. The van der Waals surface area contributed by atoms with Crippen molar-refractivity contribution in [1.82, 2.24) is 5.32 Å². The topological polar surface area (TPSA) is 55.2 Å². The van der Waals surface area contributed by atoms with Gasteiger partial charge in [0.15, 0.2) is 0 Å². The molecule has 0 amide bonds. The van der Waals surface area contributed by atoms with Gasteiger partial charge in [0, 0.05) is 24.2 Å². The number of nitro benzene ring substituents is 1. The van der Waals surface area contributed by atoms with E-state index in [1.807, 2.05) is 0 Å². The van der Waals surface area contributed by atoms with Gasteiger partial charge in [0.1, 0.15) is 0 Å². The van der Waals surface area contributed by atoms with Crippen molar-refractivity contribution >= 4 is 5.69 Å². The summed E-state index contributed by atoms with van der Waals surface area (Å²) >= 11 is 0. The fourth-order valence-electron chi connectivity index (χ4n) is 2.74. The molecule has 0 aromatic heterocycles. The van der Waals surface area contributed by atoms with Crippen molar-refractivity contribution in [2.24, 2.45) is 5.92 Å². The Morgan fingerprint density at radius 1 is 1.47 bits per heavy atom. The molecule has 104 valence electrons. The van der Waals surface area contributed by atoms with E-state index in [0.717, 1.165) is 0 Å². The Labute approximate surface area is 112 Å². The number of hydrogen-bond donors (Lipinski definition) is 1. The van der Waals surface area contributed by atoms with Gasteiger partial charge in [-0.2, -0.15) is 4.39 Å². The molecule has 0 spiro atoms. The molecular weight excluding hydrogens is 247 g/mol. The van der Waals surface area contributed by atoms with Crippen molar-refractivity contribution in [2.45, 2.75) is 45.2 Å². The zero-order valence-electron chi connectivity index (χ0n) is 11.1. The van der Waals surface area contributed by atoms with Crippen molar-refractivity contribution in [3.05, 3.63) is 39.7 Å². The van der Waals surface area contributed by atoms with Crippen LogP contribution in [-0.4, -0.2) is 11.0 Å². The van der Waals surface area contributed by atoms with E-state index in [1.54, 1.807) is 6.07 Å². The zero-order valence-corrected chi connectivity index (χ0v) is 11.1. The summed E-state index contributed by atoms with van der Waals surface area (Å²) < 4.78 is 13.9. The van der Waals surface area contributed by atoms with E-state index in [2.05, 4.69) is 12.2 Å². The Balaban J connectivity index is 1.99. The molecule has 0 bridgehead atoms. The number of nitrogens with zero attached hydrogens (tertiary/aromatic N) is 1. The van der Waals surface area contributed by atoms with Crippen LogP contribution in [0, 0.1) is 21.8 Å². The molecule has 0 radical (unpaired) electrons. The smallest absolute Gasteiger partial charge is 0.305 e. The molecule has 19 heavy (non-hydrogen) atoms. The number of nitro groups is 1. The fraction of sp³-hybridized carbons (Fsp3) is 0.571. The molecule has 1 unspecified atom stereocenters. The van der Waals surface area contributed by atoms with Gasteiger partial charge in [0.2, 0.25) is 5.82 Å². The van der Waals surface area contributed by atoms with Gasteiger partial charge in [-0.15, -0.1) is 0 Å². The molecule has 1 saturated carbocycles. The highest BCUT2D eigenvalue weighted by Gasteiger charge is 2.22. The summed E-state index contributed by atoms with van der Waals surface area (Å²) in [5.74, 6) is -0.0830. The zero-order chi connectivity index (χ0) is 13.8.